The van der Waals surface area contributed by atoms with Crippen LogP contribution < -0.4 is 14.8 Å². The lowest BCUT2D eigenvalue weighted by molar-refractivity contribution is 0.174. The van der Waals surface area contributed by atoms with Crippen LogP contribution in [0.15, 0.2) is 35.7 Å². The molecule has 0 saturated heterocycles. The van der Waals surface area contributed by atoms with Crippen LogP contribution in [0.3, 0.4) is 0 Å². The van der Waals surface area contributed by atoms with Crippen LogP contribution in [-0.4, -0.2) is 6.79 Å². The minimum absolute atomic E-state index is 0.329. The number of hydrogen-bond acceptors (Lipinski definition) is 4. The Morgan fingerprint density at radius 3 is 2.80 bits per heavy atom. The van der Waals surface area contributed by atoms with Crippen LogP contribution in [0.2, 0.25) is 0 Å². The third-order valence-electron chi connectivity index (χ3n) is 3.48. The number of hydrogen-bond donors (Lipinski definition) is 1. The summed E-state index contributed by atoms with van der Waals surface area (Å²) in [7, 11) is 0. The molecule has 1 unspecified atom stereocenters. The molecule has 0 aliphatic carbocycles. The van der Waals surface area contributed by atoms with Gasteiger partial charge in [-0.05, 0) is 35.1 Å². The Morgan fingerprint density at radius 2 is 2.05 bits per heavy atom. The van der Waals surface area contributed by atoms with Crippen molar-refractivity contribution >= 4 is 11.3 Å². The first-order valence-corrected chi connectivity index (χ1v) is 7.77. The summed E-state index contributed by atoms with van der Waals surface area (Å²) in [5, 5.41) is 5.78. The molecule has 1 aliphatic rings. The number of nitrogens with one attached hydrogen (secondary N) is 1. The Morgan fingerprint density at radius 1 is 1.20 bits per heavy atom. The average Bonchev–Trinajstić information content (AvgIpc) is 3.08. The fourth-order valence-corrected chi connectivity index (χ4v) is 3.39. The SMILES string of the molecule is CC(C)C(NCc1ccc2c(c1)OCO2)c1cccs1. The van der Waals surface area contributed by atoms with E-state index in [0.29, 0.717) is 18.8 Å². The summed E-state index contributed by atoms with van der Waals surface area (Å²) in [6.07, 6.45) is 0. The van der Waals surface area contributed by atoms with E-state index < -0.39 is 0 Å². The molecule has 0 fully saturated rings. The molecule has 1 aliphatic heterocycles. The van der Waals surface area contributed by atoms with Gasteiger partial charge in [0.25, 0.3) is 0 Å². The standard InChI is InChI=1S/C16H19NO2S/c1-11(2)16(15-4-3-7-20-15)17-9-12-5-6-13-14(8-12)19-10-18-13/h3-8,11,16-17H,9-10H2,1-2H3. The summed E-state index contributed by atoms with van der Waals surface area (Å²) in [5.41, 5.74) is 1.22. The zero-order valence-electron chi connectivity index (χ0n) is 11.8. The Kier molecular flexibility index (Phi) is 3.94. The van der Waals surface area contributed by atoms with Gasteiger partial charge in [-0.3, -0.25) is 0 Å². The molecule has 1 N–H and O–H groups in total. The quantitative estimate of drug-likeness (QED) is 0.903. The summed E-state index contributed by atoms with van der Waals surface area (Å²) >= 11 is 1.81. The van der Waals surface area contributed by atoms with E-state index in [-0.39, 0.29) is 0 Å². The van der Waals surface area contributed by atoms with Gasteiger partial charge in [-0.25, -0.2) is 0 Å². The van der Waals surface area contributed by atoms with Crippen molar-refractivity contribution in [2.75, 3.05) is 6.79 Å². The minimum Gasteiger partial charge on any atom is -0.454 e. The predicted molar refractivity (Wildman–Crippen MR) is 81.3 cm³/mol. The highest BCUT2D eigenvalue weighted by molar-refractivity contribution is 7.10. The van der Waals surface area contributed by atoms with Gasteiger partial charge in [0.15, 0.2) is 11.5 Å². The second-order valence-corrected chi connectivity index (χ2v) is 6.28. The highest BCUT2D eigenvalue weighted by atomic mass is 32.1. The van der Waals surface area contributed by atoms with E-state index in [4.69, 9.17) is 9.47 Å². The first-order chi connectivity index (χ1) is 9.74. The van der Waals surface area contributed by atoms with Crippen molar-refractivity contribution in [3.05, 3.63) is 46.2 Å². The van der Waals surface area contributed by atoms with Crippen LogP contribution in [0.25, 0.3) is 0 Å². The van der Waals surface area contributed by atoms with Crippen molar-refractivity contribution in [2.24, 2.45) is 5.92 Å². The molecule has 0 saturated carbocycles. The maximum absolute atomic E-state index is 5.42. The molecule has 3 nitrogen and oxygen atoms in total. The Hall–Kier alpha value is -1.52. The van der Waals surface area contributed by atoms with E-state index in [2.05, 4.69) is 48.8 Å². The molecule has 1 aromatic carbocycles. The van der Waals surface area contributed by atoms with Crippen LogP contribution >= 0.6 is 11.3 Å². The summed E-state index contributed by atoms with van der Waals surface area (Å²) in [6, 6.07) is 10.8. The topological polar surface area (TPSA) is 30.5 Å². The van der Waals surface area contributed by atoms with E-state index in [9.17, 15) is 0 Å². The van der Waals surface area contributed by atoms with E-state index in [1.165, 1.54) is 10.4 Å². The van der Waals surface area contributed by atoms with Gasteiger partial charge in [-0.1, -0.05) is 26.0 Å². The van der Waals surface area contributed by atoms with E-state index >= 15 is 0 Å². The number of fused-ring (bicyclic) bond motifs is 1. The Labute approximate surface area is 123 Å². The maximum atomic E-state index is 5.42. The molecular weight excluding hydrogens is 270 g/mol. The van der Waals surface area contributed by atoms with Gasteiger partial charge in [-0.2, -0.15) is 0 Å². The first kappa shape index (κ1) is 13.5. The molecule has 3 rings (SSSR count). The van der Waals surface area contributed by atoms with Crippen molar-refractivity contribution in [3.8, 4) is 11.5 Å². The van der Waals surface area contributed by atoms with Crippen molar-refractivity contribution in [2.45, 2.75) is 26.4 Å². The molecule has 0 spiro atoms. The molecule has 0 amide bonds. The number of benzene rings is 1. The van der Waals surface area contributed by atoms with Gasteiger partial charge in [0.2, 0.25) is 6.79 Å². The van der Waals surface area contributed by atoms with Gasteiger partial charge >= 0.3 is 0 Å². The van der Waals surface area contributed by atoms with Crippen LogP contribution in [0.1, 0.15) is 30.3 Å². The lowest BCUT2D eigenvalue weighted by Crippen LogP contribution is -2.24. The molecule has 4 heteroatoms. The molecule has 1 aromatic heterocycles. The summed E-state index contributed by atoms with van der Waals surface area (Å²) in [4.78, 5) is 1.39. The lowest BCUT2D eigenvalue weighted by atomic mass is 10.0. The second kappa shape index (κ2) is 5.85. The summed E-state index contributed by atoms with van der Waals surface area (Å²) in [6.45, 7) is 5.65. The van der Waals surface area contributed by atoms with Gasteiger partial charge in [0, 0.05) is 17.5 Å². The first-order valence-electron chi connectivity index (χ1n) is 6.89. The summed E-state index contributed by atoms with van der Waals surface area (Å²) < 4.78 is 10.8. The predicted octanol–water partition coefficient (Wildman–Crippen LogP) is 3.96. The zero-order chi connectivity index (χ0) is 13.9. The van der Waals surface area contributed by atoms with Crippen molar-refractivity contribution in [1.82, 2.24) is 5.32 Å². The maximum Gasteiger partial charge on any atom is 0.231 e. The van der Waals surface area contributed by atoms with Crippen molar-refractivity contribution in [1.29, 1.82) is 0 Å². The van der Waals surface area contributed by atoms with Crippen LogP contribution in [0.5, 0.6) is 11.5 Å². The second-order valence-electron chi connectivity index (χ2n) is 5.31. The van der Waals surface area contributed by atoms with E-state index in [1.807, 2.05) is 17.4 Å². The van der Waals surface area contributed by atoms with Crippen LogP contribution in [-0.2, 0) is 6.54 Å². The molecular formula is C16H19NO2S. The molecule has 2 heterocycles. The highest BCUT2D eigenvalue weighted by Crippen LogP contribution is 2.33. The normalized spacial score (nSPS) is 14.8. The average molecular weight is 289 g/mol. The van der Waals surface area contributed by atoms with Crippen molar-refractivity contribution in [3.63, 3.8) is 0 Å². The monoisotopic (exact) mass is 289 g/mol. The van der Waals surface area contributed by atoms with E-state index in [0.717, 1.165) is 18.0 Å². The Bertz CT molecular complexity index is 566. The molecule has 20 heavy (non-hydrogen) atoms. The molecule has 0 radical (unpaired) electrons. The molecule has 1 atom stereocenters. The number of thiophene rings is 1. The van der Waals surface area contributed by atoms with Gasteiger partial charge in [0.05, 0.1) is 0 Å². The molecule has 0 bridgehead atoms. The third-order valence-corrected chi connectivity index (χ3v) is 4.43. The van der Waals surface area contributed by atoms with Crippen molar-refractivity contribution < 1.29 is 9.47 Å². The zero-order valence-corrected chi connectivity index (χ0v) is 12.6. The Balaban J connectivity index is 1.68. The number of rotatable bonds is 5. The molecule has 106 valence electrons. The van der Waals surface area contributed by atoms with Gasteiger partial charge in [0.1, 0.15) is 0 Å². The largest absolute Gasteiger partial charge is 0.454 e. The van der Waals surface area contributed by atoms with E-state index in [1.54, 1.807) is 0 Å². The lowest BCUT2D eigenvalue weighted by Gasteiger charge is -2.21. The van der Waals surface area contributed by atoms with Crippen LogP contribution in [0.4, 0.5) is 0 Å². The van der Waals surface area contributed by atoms with Crippen LogP contribution in [0, 0.1) is 5.92 Å². The van der Waals surface area contributed by atoms with Gasteiger partial charge in [-0.15, -0.1) is 11.3 Å². The fraction of sp³-hybridized carbons (Fsp3) is 0.375. The smallest absolute Gasteiger partial charge is 0.231 e. The third kappa shape index (κ3) is 2.81. The highest BCUT2D eigenvalue weighted by Gasteiger charge is 2.17. The summed E-state index contributed by atoms with van der Waals surface area (Å²) in [5.74, 6) is 2.25. The minimum atomic E-state index is 0.329. The molecule has 2 aromatic rings. The fourth-order valence-electron chi connectivity index (χ4n) is 2.41. The van der Waals surface area contributed by atoms with Gasteiger partial charge < -0.3 is 14.8 Å². The number of ether oxygens (including phenoxy) is 2.